The number of ether oxygens (including phenoxy) is 1. The van der Waals surface area contributed by atoms with Crippen molar-refractivity contribution in [2.24, 2.45) is 5.73 Å². The van der Waals surface area contributed by atoms with Gasteiger partial charge in [-0.1, -0.05) is 84.4 Å². The maximum atomic E-state index is 12.7. The second-order valence-electron chi connectivity index (χ2n) is 7.30. The molecule has 4 heteroatoms. The molecule has 0 radical (unpaired) electrons. The zero-order valence-corrected chi connectivity index (χ0v) is 18.1. The monoisotopic (exact) mass is 423 g/mol. The van der Waals surface area contributed by atoms with Crippen molar-refractivity contribution in [2.75, 3.05) is 0 Å². The van der Waals surface area contributed by atoms with Crippen LogP contribution in [0.5, 0.6) is 5.75 Å². The van der Waals surface area contributed by atoms with Crippen molar-refractivity contribution in [1.82, 2.24) is 0 Å². The first-order valence-corrected chi connectivity index (χ1v) is 10.2. The lowest BCUT2D eigenvalue weighted by Gasteiger charge is -2.14. The van der Waals surface area contributed by atoms with Gasteiger partial charge >= 0.3 is 5.97 Å². The molecule has 0 spiro atoms. The molecule has 0 saturated heterocycles. The van der Waals surface area contributed by atoms with Crippen molar-refractivity contribution in [2.45, 2.75) is 13.8 Å². The van der Waals surface area contributed by atoms with Gasteiger partial charge in [-0.05, 0) is 54.8 Å². The van der Waals surface area contributed by atoms with Gasteiger partial charge in [-0.15, -0.1) is 0 Å². The largest absolute Gasteiger partial charge is 0.423 e. The predicted octanol–water partition coefficient (Wildman–Crippen LogP) is 5.98. The van der Waals surface area contributed by atoms with Crippen molar-refractivity contribution < 1.29 is 14.3 Å². The maximum absolute atomic E-state index is 12.7. The minimum absolute atomic E-state index is 0.326. The van der Waals surface area contributed by atoms with E-state index >= 15 is 0 Å². The Balaban J connectivity index is 0.000000269. The Hall–Kier alpha value is -4.18. The normalized spacial score (nSPS) is 9.94. The lowest BCUT2D eigenvalue weighted by atomic mass is 9.94. The van der Waals surface area contributed by atoms with Crippen molar-refractivity contribution in [3.05, 3.63) is 125 Å². The molecular weight excluding hydrogens is 398 g/mol. The summed E-state index contributed by atoms with van der Waals surface area (Å²) in [6, 6.07) is 31.9. The van der Waals surface area contributed by atoms with Crippen molar-refractivity contribution in [1.29, 1.82) is 0 Å². The van der Waals surface area contributed by atoms with Crippen LogP contribution >= 0.6 is 0 Å². The molecule has 0 heterocycles. The average Bonchev–Trinajstić information content (AvgIpc) is 2.80. The summed E-state index contributed by atoms with van der Waals surface area (Å²) >= 11 is 0. The SMILES string of the molecule is Cc1cc(C)c(C(=O)Oc2ccccc2)c(-c2ccccc2)c1.NC(=O)c1ccccc1. The van der Waals surface area contributed by atoms with Gasteiger partial charge in [0.2, 0.25) is 5.91 Å². The van der Waals surface area contributed by atoms with E-state index in [4.69, 9.17) is 10.5 Å². The molecule has 4 nitrogen and oxygen atoms in total. The smallest absolute Gasteiger partial charge is 0.344 e. The molecule has 0 aliphatic heterocycles. The van der Waals surface area contributed by atoms with E-state index in [1.165, 1.54) is 0 Å². The van der Waals surface area contributed by atoms with E-state index in [1.807, 2.05) is 80.6 Å². The van der Waals surface area contributed by atoms with Gasteiger partial charge < -0.3 is 10.5 Å². The molecule has 0 bridgehead atoms. The lowest BCUT2D eigenvalue weighted by molar-refractivity contribution is 0.0734. The number of hydrogen-bond donors (Lipinski definition) is 1. The van der Waals surface area contributed by atoms with Gasteiger partial charge in [0, 0.05) is 5.56 Å². The summed E-state index contributed by atoms with van der Waals surface area (Å²) in [5.41, 5.74) is 10.1. The van der Waals surface area contributed by atoms with Crippen LogP contribution in [-0.4, -0.2) is 11.9 Å². The maximum Gasteiger partial charge on any atom is 0.344 e. The number of hydrogen-bond acceptors (Lipinski definition) is 3. The summed E-state index contributed by atoms with van der Waals surface area (Å²) < 4.78 is 5.54. The van der Waals surface area contributed by atoms with E-state index in [0.717, 1.165) is 22.3 Å². The molecule has 1 amide bonds. The number of amides is 1. The zero-order chi connectivity index (χ0) is 22.9. The van der Waals surface area contributed by atoms with Crippen LogP contribution in [0.3, 0.4) is 0 Å². The van der Waals surface area contributed by atoms with Crippen molar-refractivity contribution in [3.63, 3.8) is 0 Å². The average molecular weight is 424 g/mol. The Labute approximate surface area is 188 Å². The summed E-state index contributed by atoms with van der Waals surface area (Å²) in [6.45, 7) is 3.98. The summed E-state index contributed by atoms with van der Waals surface area (Å²) in [5.74, 6) is -0.153. The van der Waals surface area contributed by atoms with Crippen LogP contribution < -0.4 is 10.5 Å². The fourth-order valence-corrected chi connectivity index (χ4v) is 3.33. The van der Waals surface area contributed by atoms with Gasteiger partial charge in [-0.2, -0.15) is 0 Å². The number of esters is 1. The number of benzene rings is 4. The fraction of sp³-hybridized carbons (Fsp3) is 0.0714. The minimum Gasteiger partial charge on any atom is -0.423 e. The molecular formula is C28H25NO3. The molecule has 4 rings (SSSR count). The second kappa shape index (κ2) is 10.7. The number of para-hydroxylation sites is 1. The third-order valence-electron chi connectivity index (χ3n) is 4.78. The third-order valence-corrected chi connectivity index (χ3v) is 4.78. The van der Waals surface area contributed by atoms with Crippen LogP contribution in [0.15, 0.2) is 103 Å². The Morgan fingerprint density at radius 2 is 1.25 bits per heavy atom. The molecule has 4 aromatic rings. The first-order chi connectivity index (χ1) is 15.5. The molecule has 4 aromatic carbocycles. The van der Waals surface area contributed by atoms with Gasteiger partial charge in [-0.25, -0.2) is 4.79 Å². The Morgan fingerprint density at radius 3 is 1.78 bits per heavy atom. The molecule has 2 N–H and O–H groups in total. The van der Waals surface area contributed by atoms with E-state index in [9.17, 15) is 9.59 Å². The quantitative estimate of drug-likeness (QED) is 0.324. The molecule has 32 heavy (non-hydrogen) atoms. The topological polar surface area (TPSA) is 69.4 Å². The van der Waals surface area contributed by atoms with Crippen LogP contribution in [0, 0.1) is 13.8 Å². The number of nitrogens with two attached hydrogens (primary N) is 1. The lowest BCUT2D eigenvalue weighted by Crippen LogP contribution is -2.12. The number of rotatable bonds is 4. The molecule has 0 unspecified atom stereocenters. The van der Waals surface area contributed by atoms with E-state index in [-0.39, 0.29) is 11.9 Å². The standard InChI is InChI=1S/C21H18O2.C7H7NO/c1-15-13-16(2)20(19(14-15)17-9-5-3-6-10-17)21(22)23-18-11-7-4-8-12-18;8-7(9)6-4-2-1-3-5-6/h3-14H,1-2H3;1-5H,(H2,8,9). The fourth-order valence-electron chi connectivity index (χ4n) is 3.33. The molecule has 0 atom stereocenters. The van der Waals surface area contributed by atoms with Crippen LogP contribution in [0.2, 0.25) is 0 Å². The van der Waals surface area contributed by atoms with Gasteiger partial charge in [0.25, 0.3) is 0 Å². The van der Waals surface area contributed by atoms with Crippen LogP contribution in [0.4, 0.5) is 0 Å². The second-order valence-corrected chi connectivity index (χ2v) is 7.30. The molecule has 0 aromatic heterocycles. The number of primary amides is 1. The highest BCUT2D eigenvalue weighted by Crippen LogP contribution is 2.29. The van der Waals surface area contributed by atoms with Crippen LogP contribution in [0.25, 0.3) is 11.1 Å². The molecule has 0 saturated carbocycles. The van der Waals surface area contributed by atoms with E-state index in [0.29, 0.717) is 16.9 Å². The Bertz CT molecular complexity index is 1190. The van der Waals surface area contributed by atoms with Gasteiger partial charge in [0.05, 0.1) is 5.56 Å². The zero-order valence-electron chi connectivity index (χ0n) is 18.1. The number of aryl methyl sites for hydroxylation is 2. The van der Waals surface area contributed by atoms with E-state index in [2.05, 4.69) is 0 Å². The van der Waals surface area contributed by atoms with Gasteiger partial charge in [0.15, 0.2) is 0 Å². The summed E-state index contributed by atoms with van der Waals surface area (Å²) in [6.07, 6.45) is 0. The Morgan fingerprint density at radius 1 is 0.719 bits per heavy atom. The van der Waals surface area contributed by atoms with Crippen LogP contribution in [0.1, 0.15) is 31.8 Å². The summed E-state index contributed by atoms with van der Waals surface area (Å²) in [4.78, 5) is 23.1. The predicted molar refractivity (Wildman–Crippen MR) is 128 cm³/mol. The van der Waals surface area contributed by atoms with E-state index in [1.54, 1.807) is 36.4 Å². The highest BCUT2D eigenvalue weighted by atomic mass is 16.5. The molecule has 160 valence electrons. The summed E-state index contributed by atoms with van der Waals surface area (Å²) in [7, 11) is 0. The van der Waals surface area contributed by atoms with Crippen LogP contribution in [-0.2, 0) is 0 Å². The summed E-state index contributed by atoms with van der Waals surface area (Å²) in [5, 5.41) is 0. The van der Waals surface area contributed by atoms with Gasteiger partial charge in [0.1, 0.15) is 5.75 Å². The molecule has 0 aliphatic rings. The van der Waals surface area contributed by atoms with E-state index < -0.39 is 0 Å². The number of carbonyl (C=O) groups excluding carboxylic acids is 2. The first-order valence-electron chi connectivity index (χ1n) is 10.2. The Kier molecular flexibility index (Phi) is 7.55. The number of carbonyl (C=O) groups is 2. The molecule has 0 aliphatic carbocycles. The first kappa shape index (κ1) is 22.5. The minimum atomic E-state index is -0.379. The third kappa shape index (κ3) is 5.92. The van der Waals surface area contributed by atoms with Crippen molar-refractivity contribution >= 4 is 11.9 Å². The van der Waals surface area contributed by atoms with Crippen molar-refractivity contribution in [3.8, 4) is 16.9 Å². The van der Waals surface area contributed by atoms with Gasteiger partial charge in [-0.3, -0.25) is 4.79 Å². The molecule has 0 fully saturated rings. The highest BCUT2D eigenvalue weighted by molar-refractivity contribution is 6.00. The highest BCUT2D eigenvalue weighted by Gasteiger charge is 2.18.